The molecular weight excluding hydrogens is 441 g/mol. The van der Waals surface area contributed by atoms with Crippen molar-refractivity contribution in [2.75, 3.05) is 23.8 Å². The number of aromatic nitrogens is 2. The number of alkyl carbamates (subject to hydrolysis) is 1. The largest absolute Gasteiger partial charge is 0.444 e. The van der Waals surface area contributed by atoms with Crippen LogP contribution in [0.15, 0.2) is 15.7 Å². The molecule has 34 heavy (non-hydrogen) atoms. The Kier molecular flexibility index (Phi) is 6.12. The maximum Gasteiger partial charge on any atom is 0.407 e. The predicted octanol–water partition coefficient (Wildman–Crippen LogP) is 2.79. The highest BCUT2D eigenvalue weighted by Crippen LogP contribution is 2.39. The molecule has 2 atom stereocenters. The van der Waals surface area contributed by atoms with Gasteiger partial charge in [-0.05, 0) is 65.4 Å². The molecule has 2 fully saturated rings. The van der Waals surface area contributed by atoms with Crippen LogP contribution in [0.2, 0.25) is 0 Å². The topological polar surface area (TPSA) is 112 Å². The molecule has 9 nitrogen and oxygen atoms in total. The van der Waals surface area contributed by atoms with Gasteiger partial charge >= 0.3 is 11.8 Å². The SMILES string of the molecule is CCC(NC(=O)OC(C)(C)C)C1CCN(c2c(F)cc3c(=O)n(N)c(=O)n(C4CC4)c3c2C)C1. The summed E-state index contributed by atoms with van der Waals surface area (Å²) >= 11 is 0. The number of rotatable bonds is 5. The number of aryl methyl sites for hydroxylation is 1. The molecule has 1 saturated carbocycles. The van der Waals surface area contributed by atoms with E-state index in [2.05, 4.69) is 5.32 Å². The zero-order valence-corrected chi connectivity index (χ0v) is 20.5. The molecule has 1 aromatic carbocycles. The molecule has 0 bridgehead atoms. The standard InChI is InChI=1S/C24H34FN5O4/c1-6-18(27-22(32)34-24(3,4)5)14-9-10-28(12-14)20-13(2)19-16(11-17(20)25)21(31)30(26)23(33)29(19)15-7-8-15/h11,14-15,18H,6-10,12,26H2,1-5H3,(H,27,32). The van der Waals surface area contributed by atoms with Crippen LogP contribution in [0.5, 0.6) is 0 Å². The molecule has 186 valence electrons. The molecule has 0 radical (unpaired) electrons. The van der Waals surface area contributed by atoms with Crippen molar-refractivity contribution in [2.45, 2.75) is 78.0 Å². The van der Waals surface area contributed by atoms with Gasteiger partial charge in [-0.2, -0.15) is 4.68 Å². The van der Waals surface area contributed by atoms with Gasteiger partial charge in [-0.25, -0.2) is 14.0 Å². The van der Waals surface area contributed by atoms with Crippen LogP contribution in [-0.2, 0) is 4.74 Å². The quantitative estimate of drug-likeness (QED) is 0.644. The van der Waals surface area contributed by atoms with E-state index in [-0.39, 0.29) is 23.4 Å². The van der Waals surface area contributed by atoms with Crippen LogP contribution in [0, 0.1) is 18.7 Å². The van der Waals surface area contributed by atoms with Crippen LogP contribution in [0.4, 0.5) is 14.9 Å². The van der Waals surface area contributed by atoms with Crippen molar-refractivity contribution in [2.24, 2.45) is 5.92 Å². The third kappa shape index (κ3) is 4.37. The number of amides is 1. The molecule has 1 amide bonds. The van der Waals surface area contributed by atoms with Crippen LogP contribution < -0.4 is 27.3 Å². The summed E-state index contributed by atoms with van der Waals surface area (Å²) in [6.07, 6.45) is 2.66. The molecule has 2 aromatic rings. The third-order valence-electron chi connectivity index (χ3n) is 6.73. The number of carbonyl (C=O) groups is 1. The Morgan fingerprint density at radius 1 is 1.29 bits per heavy atom. The van der Waals surface area contributed by atoms with Gasteiger partial charge in [0.2, 0.25) is 0 Å². The van der Waals surface area contributed by atoms with Crippen LogP contribution in [-0.4, -0.2) is 40.1 Å². The molecular formula is C24H34FN5O4. The van der Waals surface area contributed by atoms with Crippen molar-refractivity contribution in [3.05, 3.63) is 38.3 Å². The number of anilines is 1. The summed E-state index contributed by atoms with van der Waals surface area (Å²) in [5.74, 6) is 5.30. The number of carbonyl (C=O) groups excluding carboxylic acids is 1. The van der Waals surface area contributed by atoms with E-state index in [0.717, 1.165) is 19.3 Å². The number of benzene rings is 1. The normalized spacial score (nSPS) is 19.5. The number of nitrogens with one attached hydrogen (secondary N) is 1. The minimum Gasteiger partial charge on any atom is -0.444 e. The lowest BCUT2D eigenvalue weighted by Crippen LogP contribution is -2.45. The molecule has 10 heteroatoms. The van der Waals surface area contributed by atoms with Gasteiger partial charge in [0, 0.05) is 30.7 Å². The van der Waals surface area contributed by atoms with Gasteiger partial charge in [-0.1, -0.05) is 6.92 Å². The smallest absolute Gasteiger partial charge is 0.407 e. The van der Waals surface area contributed by atoms with E-state index in [1.165, 1.54) is 6.07 Å². The van der Waals surface area contributed by atoms with Crippen molar-refractivity contribution < 1.29 is 13.9 Å². The number of fused-ring (bicyclic) bond motifs is 1. The zero-order chi connectivity index (χ0) is 24.9. The van der Waals surface area contributed by atoms with Gasteiger partial charge in [-0.3, -0.25) is 9.36 Å². The second kappa shape index (κ2) is 8.63. The van der Waals surface area contributed by atoms with Crippen molar-refractivity contribution in [1.82, 2.24) is 14.6 Å². The van der Waals surface area contributed by atoms with E-state index in [0.29, 0.717) is 41.0 Å². The number of hydrogen-bond acceptors (Lipinski definition) is 6. The highest BCUT2D eigenvalue weighted by atomic mass is 19.1. The van der Waals surface area contributed by atoms with Gasteiger partial charge < -0.3 is 20.8 Å². The summed E-state index contributed by atoms with van der Waals surface area (Å²) in [6.45, 7) is 10.3. The van der Waals surface area contributed by atoms with Crippen molar-refractivity contribution >= 4 is 22.7 Å². The van der Waals surface area contributed by atoms with Gasteiger partial charge in [0.1, 0.15) is 11.4 Å². The van der Waals surface area contributed by atoms with Gasteiger partial charge in [-0.15, -0.1) is 0 Å². The average Bonchev–Trinajstić information content (AvgIpc) is 3.47. The Morgan fingerprint density at radius 3 is 2.56 bits per heavy atom. The molecule has 1 aliphatic carbocycles. The second-order valence-corrected chi connectivity index (χ2v) is 10.4. The van der Waals surface area contributed by atoms with Crippen LogP contribution >= 0.6 is 0 Å². The van der Waals surface area contributed by atoms with Gasteiger partial charge in [0.05, 0.1) is 16.6 Å². The lowest BCUT2D eigenvalue weighted by Gasteiger charge is -2.28. The fourth-order valence-corrected chi connectivity index (χ4v) is 5.05. The average molecular weight is 476 g/mol. The lowest BCUT2D eigenvalue weighted by atomic mass is 9.97. The highest BCUT2D eigenvalue weighted by Gasteiger charge is 2.35. The third-order valence-corrected chi connectivity index (χ3v) is 6.73. The van der Waals surface area contributed by atoms with Crippen LogP contribution in [0.25, 0.3) is 10.9 Å². The predicted molar refractivity (Wildman–Crippen MR) is 129 cm³/mol. The number of nitrogen functional groups attached to an aromatic ring is 1. The summed E-state index contributed by atoms with van der Waals surface area (Å²) in [4.78, 5) is 39.7. The first-order chi connectivity index (χ1) is 15.9. The van der Waals surface area contributed by atoms with Gasteiger partial charge in [0.15, 0.2) is 0 Å². The van der Waals surface area contributed by atoms with Crippen molar-refractivity contribution in [3.63, 3.8) is 0 Å². The first-order valence-electron chi connectivity index (χ1n) is 11.9. The van der Waals surface area contributed by atoms with E-state index in [1.807, 2.05) is 32.6 Å². The lowest BCUT2D eigenvalue weighted by molar-refractivity contribution is 0.0487. The second-order valence-electron chi connectivity index (χ2n) is 10.4. The summed E-state index contributed by atoms with van der Waals surface area (Å²) in [5.41, 5.74) is -0.451. The van der Waals surface area contributed by atoms with E-state index in [1.54, 1.807) is 11.5 Å². The molecule has 3 N–H and O–H groups in total. The van der Waals surface area contributed by atoms with Crippen molar-refractivity contribution in [3.8, 4) is 0 Å². The maximum atomic E-state index is 15.4. The van der Waals surface area contributed by atoms with E-state index >= 15 is 4.39 Å². The minimum atomic E-state index is -0.697. The maximum absolute atomic E-state index is 15.4. The molecule has 1 saturated heterocycles. The Hall–Kier alpha value is -3.04. The Labute approximate surface area is 197 Å². The number of halogens is 1. The fraction of sp³-hybridized carbons (Fsp3) is 0.625. The minimum absolute atomic E-state index is 0.0313. The molecule has 1 aromatic heterocycles. The fourth-order valence-electron chi connectivity index (χ4n) is 5.05. The molecule has 4 rings (SSSR count). The molecule has 1 aliphatic heterocycles. The molecule has 0 spiro atoms. The summed E-state index contributed by atoms with van der Waals surface area (Å²) in [5, 5.41) is 3.08. The van der Waals surface area contributed by atoms with E-state index in [9.17, 15) is 14.4 Å². The summed E-state index contributed by atoms with van der Waals surface area (Å²) in [7, 11) is 0. The number of hydrogen-bond donors (Lipinski definition) is 2. The van der Waals surface area contributed by atoms with Crippen LogP contribution in [0.3, 0.4) is 0 Å². The molecule has 2 heterocycles. The highest BCUT2D eigenvalue weighted by molar-refractivity contribution is 5.87. The Morgan fingerprint density at radius 2 is 1.97 bits per heavy atom. The van der Waals surface area contributed by atoms with E-state index < -0.39 is 28.8 Å². The first-order valence-corrected chi connectivity index (χ1v) is 11.9. The summed E-state index contributed by atoms with van der Waals surface area (Å²) < 4.78 is 22.9. The molecule has 2 unspecified atom stereocenters. The van der Waals surface area contributed by atoms with E-state index in [4.69, 9.17) is 10.6 Å². The monoisotopic (exact) mass is 475 g/mol. The summed E-state index contributed by atoms with van der Waals surface area (Å²) in [6, 6.07) is 1.06. The first kappa shape index (κ1) is 24.1. The zero-order valence-electron chi connectivity index (χ0n) is 20.5. The number of nitrogens with zero attached hydrogens (tertiary/aromatic N) is 3. The number of ether oxygens (including phenoxy) is 1. The van der Waals surface area contributed by atoms with Crippen LogP contribution in [0.1, 0.15) is 65.0 Å². The van der Waals surface area contributed by atoms with Crippen molar-refractivity contribution in [1.29, 1.82) is 0 Å². The Bertz CT molecular complexity index is 1240. The Balaban J connectivity index is 1.67. The molecule has 2 aliphatic rings. The van der Waals surface area contributed by atoms with Gasteiger partial charge in [0.25, 0.3) is 5.56 Å². The number of nitrogens with two attached hydrogens (primary N) is 1.